The van der Waals surface area contributed by atoms with Gasteiger partial charge in [-0.25, -0.2) is 8.42 Å². The maximum absolute atomic E-state index is 13.5. The molecule has 2 saturated heterocycles. The largest absolute Gasteiger partial charge is 0.456 e. The van der Waals surface area contributed by atoms with Gasteiger partial charge in [-0.15, -0.1) is 0 Å². The summed E-state index contributed by atoms with van der Waals surface area (Å²) in [6, 6.07) is 15.7. The number of carbonyl (C=O) groups is 1. The van der Waals surface area contributed by atoms with Crippen molar-refractivity contribution in [1.29, 1.82) is 0 Å². The smallest absolute Gasteiger partial charge is 0.315 e. The van der Waals surface area contributed by atoms with Crippen molar-refractivity contribution in [3.05, 3.63) is 65.7 Å². The predicted octanol–water partition coefficient (Wildman–Crippen LogP) is 3.84. The number of ether oxygens (including phenoxy) is 1. The van der Waals surface area contributed by atoms with Crippen LogP contribution in [0.1, 0.15) is 43.4 Å². The summed E-state index contributed by atoms with van der Waals surface area (Å²) in [6.07, 6.45) is 2.54. The van der Waals surface area contributed by atoms with Crippen LogP contribution in [0.4, 0.5) is 0 Å². The Morgan fingerprint density at radius 1 is 1.11 bits per heavy atom. The van der Waals surface area contributed by atoms with Crippen LogP contribution < -0.4 is 0 Å². The van der Waals surface area contributed by atoms with E-state index in [2.05, 4.69) is 6.92 Å². The number of nitrogens with zero attached hydrogens (tertiary/aromatic N) is 1. The first-order chi connectivity index (χ1) is 13.4. The molecule has 148 valence electrons. The van der Waals surface area contributed by atoms with E-state index in [4.69, 9.17) is 4.74 Å². The Bertz CT molecular complexity index is 971. The number of aryl methyl sites for hydroxylation is 1. The van der Waals surface area contributed by atoms with Gasteiger partial charge in [-0.3, -0.25) is 4.79 Å². The minimum Gasteiger partial charge on any atom is -0.456 e. The van der Waals surface area contributed by atoms with E-state index < -0.39 is 27.6 Å². The Hall–Kier alpha value is -2.18. The highest BCUT2D eigenvalue weighted by Crippen LogP contribution is 2.55. The Labute approximate surface area is 166 Å². The van der Waals surface area contributed by atoms with Crippen LogP contribution in [0.25, 0.3) is 0 Å². The predicted molar refractivity (Wildman–Crippen MR) is 106 cm³/mol. The van der Waals surface area contributed by atoms with Gasteiger partial charge in [0, 0.05) is 0 Å². The molecule has 4 rings (SSSR count). The van der Waals surface area contributed by atoms with Gasteiger partial charge in [-0.1, -0.05) is 61.4 Å². The van der Waals surface area contributed by atoms with Crippen LogP contribution in [0.2, 0.25) is 0 Å². The quantitative estimate of drug-likeness (QED) is 0.693. The molecule has 0 N–H and O–H groups in total. The minimum atomic E-state index is -3.76. The number of fused-ring (bicyclic) bond motifs is 1. The van der Waals surface area contributed by atoms with E-state index in [-0.39, 0.29) is 17.4 Å². The maximum atomic E-state index is 13.5. The average molecular weight is 400 g/mol. The zero-order valence-corrected chi connectivity index (χ0v) is 17.0. The monoisotopic (exact) mass is 399 g/mol. The molecule has 0 unspecified atom stereocenters. The molecule has 0 spiro atoms. The third-order valence-corrected chi connectivity index (χ3v) is 7.74. The summed E-state index contributed by atoms with van der Waals surface area (Å²) in [5.74, 6) is -0.756. The first-order valence-electron chi connectivity index (χ1n) is 9.75. The fourth-order valence-corrected chi connectivity index (χ4v) is 6.09. The number of hydrogen-bond donors (Lipinski definition) is 0. The highest BCUT2D eigenvalue weighted by atomic mass is 32.2. The molecule has 2 aliphatic rings. The van der Waals surface area contributed by atoms with Crippen LogP contribution >= 0.6 is 0 Å². The summed E-state index contributed by atoms with van der Waals surface area (Å²) in [4.78, 5) is 12.7. The molecular weight excluding hydrogens is 374 g/mol. The number of hydrogen-bond acceptors (Lipinski definition) is 4. The van der Waals surface area contributed by atoms with Crippen LogP contribution in [0.3, 0.4) is 0 Å². The third kappa shape index (κ3) is 2.95. The van der Waals surface area contributed by atoms with Crippen LogP contribution in [-0.2, 0) is 19.6 Å². The van der Waals surface area contributed by atoms with Gasteiger partial charge in [0.15, 0.2) is 0 Å². The van der Waals surface area contributed by atoms with Crippen molar-refractivity contribution >= 4 is 16.0 Å². The van der Waals surface area contributed by atoms with E-state index >= 15 is 0 Å². The number of benzene rings is 2. The zero-order valence-electron chi connectivity index (χ0n) is 16.2. The fraction of sp³-hybridized carbons (Fsp3) is 0.409. The summed E-state index contributed by atoms with van der Waals surface area (Å²) in [5, 5.41) is 0. The summed E-state index contributed by atoms with van der Waals surface area (Å²) in [7, 11) is -3.76. The highest BCUT2D eigenvalue weighted by molar-refractivity contribution is 7.89. The molecule has 2 fully saturated rings. The van der Waals surface area contributed by atoms with Crippen molar-refractivity contribution in [1.82, 2.24) is 4.31 Å². The van der Waals surface area contributed by atoms with Crippen LogP contribution in [0, 0.1) is 12.8 Å². The van der Waals surface area contributed by atoms with Crippen molar-refractivity contribution in [2.75, 3.05) is 6.54 Å². The normalized spacial score (nSPS) is 27.1. The van der Waals surface area contributed by atoms with Crippen molar-refractivity contribution < 1.29 is 17.9 Å². The van der Waals surface area contributed by atoms with Crippen molar-refractivity contribution in [2.45, 2.75) is 49.6 Å². The second kappa shape index (κ2) is 7.01. The molecular formula is C22H25NO4S. The van der Waals surface area contributed by atoms with Crippen molar-refractivity contribution in [2.24, 2.45) is 5.92 Å². The maximum Gasteiger partial charge on any atom is 0.315 e. The minimum absolute atomic E-state index is 0.208. The highest BCUT2D eigenvalue weighted by Gasteiger charge is 2.68. The van der Waals surface area contributed by atoms with Gasteiger partial charge in [0.25, 0.3) is 0 Å². The van der Waals surface area contributed by atoms with Gasteiger partial charge in [0.05, 0.1) is 17.5 Å². The van der Waals surface area contributed by atoms with Gasteiger partial charge in [0.1, 0.15) is 11.5 Å². The van der Waals surface area contributed by atoms with Gasteiger partial charge in [-0.05, 0) is 37.5 Å². The molecule has 2 aromatic rings. The molecule has 2 aliphatic heterocycles. The zero-order chi connectivity index (χ0) is 19.9. The molecule has 0 radical (unpaired) electrons. The molecule has 6 heteroatoms. The molecule has 0 aliphatic carbocycles. The van der Waals surface area contributed by atoms with E-state index in [0.29, 0.717) is 6.42 Å². The number of carbonyl (C=O) groups excluding carboxylic acids is 1. The first kappa shape index (κ1) is 19.2. The third-order valence-electron chi connectivity index (χ3n) is 5.90. The van der Waals surface area contributed by atoms with Crippen molar-refractivity contribution in [3.63, 3.8) is 0 Å². The molecule has 5 nitrogen and oxygen atoms in total. The van der Waals surface area contributed by atoms with E-state index in [1.165, 1.54) is 4.31 Å². The van der Waals surface area contributed by atoms with Gasteiger partial charge < -0.3 is 4.74 Å². The number of esters is 1. The van der Waals surface area contributed by atoms with Gasteiger partial charge >= 0.3 is 5.97 Å². The Morgan fingerprint density at radius 3 is 2.39 bits per heavy atom. The first-order valence-corrected chi connectivity index (χ1v) is 11.2. The Kier molecular flexibility index (Phi) is 4.79. The summed E-state index contributed by atoms with van der Waals surface area (Å²) in [6.45, 7) is 4.21. The number of rotatable bonds is 6. The molecule has 0 aromatic heterocycles. The number of unbranched alkanes of at least 4 members (excludes halogenated alkanes) is 1. The SMILES string of the molecule is CCCC[C@]12CN(S(=O)(=O)c3ccc(C)cc3)[C@H](c3ccccc3)[C@H]1C(=O)O2. The number of sulfonamides is 1. The molecule has 0 amide bonds. The fourth-order valence-electron chi connectivity index (χ4n) is 4.41. The van der Waals surface area contributed by atoms with E-state index in [9.17, 15) is 13.2 Å². The van der Waals surface area contributed by atoms with E-state index in [1.807, 2.05) is 37.3 Å². The molecule has 2 heterocycles. The molecule has 0 saturated carbocycles. The van der Waals surface area contributed by atoms with E-state index in [0.717, 1.165) is 24.0 Å². The lowest BCUT2D eigenvalue weighted by Crippen LogP contribution is -2.57. The second-order valence-electron chi connectivity index (χ2n) is 7.79. The second-order valence-corrected chi connectivity index (χ2v) is 9.68. The lowest BCUT2D eigenvalue weighted by Gasteiger charge is -2.43. The van der Waals surface area contributed by atoms with Crippen LogP contribution in [-0.4, -0.2) is 30.8 Å². The van der Waals surface area contributed by atoms with Gasteiger partial charge in [-0.2, -0.15) is 4.31 Å². The molecule has 28 heavy (non-hydrogen) atoms. The van der Waals surface area contributed by atoms with Gasteiger partial charge in [0.2, 0.25) is 10.0 Å². The molecule has 3 atom stereocenters. The Balaban J connectivity index is 1.80. The Morgan fingerprint density at radius 2 is 1.79 bits per heavy atom. The standard InChI is InChI=1S/C22H25NO4S/c1-3-4-14-22-15-23(28(25,26)18-12-10-16(2)11-13-18)20(19(22)21(24)27-22)17-8-6-5-7-9-17/h5-13,19-20H,3-4,14-15H2,1-2H3/t19-,20+,22-/m0/s1. The molecule has 2 aromatic carbocycles. The average Bonchev–Trinajstić information content (AvgIpc) is 2.97. The lowest BCUT2D eigenvalue weighted by molar-refractivity contribution is -0.206. The lowest BCUT2D eigenvalue weighted by atomic mass is 9.76. The summed E-state index contributed by atoms with van der Waals surface area (Å²) in [5.41, 5.74) is 1.11. The van der Waals surface area contributed by atoms with Crippen LogP contribution in [0.15, 0.2) is 59.5 Å². The van der Waals surface area contributed by atoms with Crippen molar-refractivity contribution in [3.8, 4) is 0 Å². The topological polar surface area (TPSA) is 63.7 Å². The van der Waals surface area contributed by atoms with Crippen LogP contribution in [0.5, 0.6) is 0 Å². The summed E-state index contributed by atoms with van der Waals surface area (Å²) >= 11 is 0. The summed E-state index contributed by atoms with van der Waals surface area (Å²) < 4.78 is 34.2. The van der Waals surface area contributed by atoms with E-state index in [1.54, 1.807) is 24.3 Å². The molecule has 0 bridgehead atoms.